The Labute approximate surface area is 160 Å². The van der Waals surface area contributed by atoms with Gasteiger partial charge in [0.05, 0.1) is 6.10 Å². The van der Waals surface area contributed by atoms with Crippen LogP contribution in [0.5, 0.6) is 0 Å². The summed E-state index contributed by atoms with van der Waals surface area (Å²) in [6, 6.07) is 0. The molecule has 0 aromatic rings. The molecule has 0 spiro atoms. The highest BCUT2D eigenvalue weighted by Crippen LogP contribution is 2.38. The van der Waals surface area contributed by atoms with Crippen molar-refractivity contribution < 1.29 is 19.1 Å². The molecule has 1 rings (SSSR count). The fourth-order valence-electron chi connectivity index (χ4n) is 3.69. The molecule has 1 saturated carbocycles. The molecule has 1 aliphatic carbocycles. The maximum Gasteiger partial charge on any atom is 0.306 e. The van der Waals surface area contributed by atoms with Crippen molar-refractivity contribution in [3.8, 4) is 0 Å². The van der Waals surface area contributed by atoms with Crippen LogP contribution in [0.1, 0.15) is 105 Å². The topological polar surface area (TPSA) is 52.6 Å². The first-order valence-corrected chi connectivity index (χ1v) is 10.6. The Morgan fingerprint density at radius 3 is 2.15 bits per heavy atom. The third-order valence-electron chi connectivity index (χ3n) is 5.51. The van der Waals surface area contributed by atoms with Crippen molar-refractivity contribution in [1.82, 2.24) is 0 Å². The van der Waals surface area contributed by atoms with Gasteiger partial charge in [-0.2, -0.15) is 0 Å². The predicted molar refractivity (Wildman–Crippen MR) is 105 cm³/mol. The molecule has 4 heteroatoms. The molecule has 1 fully saturated rings. The highest BCUT2D eigenvalue weighted by atomic mass is 16.5. The fraction of sp³-hybridized carbons (Fsp3) is 0.909. The second kappa shape index (κ2) is 11.6. The monoisotopic (exact) mass is 368 g/mol. The van der Waals surface area contributed by atoms with Gasteiger partial charge in [-0.15, -0.1) is 0 Å². The summed E-state index contributed by atoms with van der Waals surface area (Å²) in [4.78, 5) is 23.8. The summed E-state index contributed by atoms with van der Waals surface area (Å²) < 4.78 is 11.0. The lowest BCUT2D eigenvalue weighted by molar-refractivity contribution is -0.152. The molecular weight excluding hydrogens is 328 g/mol. The van der Waals surface area contributed by atoms with Crippen LogP contribution in [0.15, 0.2) is 0 Å². The van der Waals surface area contributed by atoms with Crippen molar-refractivity contribution in [3.05, 3.63) is 0 Å². The molecule has 26 heavy (non-hydrogen) atoms. The van der Waals surface area contributed by atoms with E-state index < -0.39 is 0 Å². The van der Waals surface area contributed by atoms with E-state index in [2.05, 4.69) is 27.7 Å². The van der Waals surface area contributed by atoms with Crippen molar-refractivity contribution in [1.29, 1.82) is 0 Å². The molecule has 1 aliphatic rings. The van der Waals surface area contributed by atoms with Gasteiger partial charge >= 0.3 is 11.9 Å². The van der Waals surface area contributed by atoms with Gasteiger partial charge in [0, 0.05) is 12.8 Å². The van der Waals surface area contributed by atoms with Gasteiger partial charge in [0.25, 0.3) is 0 Å². The van der Waals surface area contributed by atoms with Crippen LogP contribution in [-0.4, -0.2) is 24.1 Å². The Balaban J connectivity index is 2.12. The molecule has 4 nitrogen and oxygen atoms in total. The first-order chi connectivity index (χ1) is 12.2. The third kappa shape index (κ3) is 9.59. The lowest BCUT2D eigenvalue weighted by Crippen LogP contribution is -2.30. The standard InChI is InChI=1S/C22H40O4/c1-6-7-8-10-17(2)25-20(23)11-9-12-21(24)26-19-15-13-18(14-16-19)22(3,4)5/h17-19H,6-16H2,1-5H3. The highest BCUT2D eigenvalue weighted by molar-refractivity contribution is 5.72. The zero-order valence-electron chi connectivity index (χ0n) is 17.6. The van der Waals surface area contributed by atoms with Gasteiger partial charge in [-0.3, -0.25) is 9.59 Å². The summed E-state index contributed by atoms with van der Waals surface area (Å²) in [6.45, 7) is 11.0. The third-order valence-corrected chi connectivity index (χ3v) is 5.51. The van der Waals surface area contributed by atoms with Crippen LogP contribution in [0.4, 0.5) is 0 Å². The van der Waals surface area contributed by atoms with Crippen LogP contribution in [0.3, 0.4) is 0 Å². The summed E-state index contributed by atoms with van der Waals surface area (Å²) >= 11 is 0. The molecular formula is C22H40O4. The zero-order chi connectivity index (χ0) is 19.6. The minimum absolute atomic E-state index is 0.0287. The molecule has 0 aliphatic heterocycles. The average Bonchev–Trinajstić information content (AvgIpc) is 2.54. The van der Waals surface area contributed by atoms with Crippen LogP contribution < -0.4 is 0 Å². The van der Waals surface area contributed by atoms with Crippen molar-refractivity contribution >= 4 is 11.9 Å². The van der Waals surface area contributed by atoms with Crippen LogP contribution in [-0.2, 0) is 19.1 Å². The summed E-state index contributed by atoms with van der Waals surface area (Å²) in [6.07, 6.45) is 9.67. The van der Waals surface area contributed by atoms with Crippen molar-refractivity contribution in [2.75, 3.05) is 0 Å². The van der Waals surface area contributed by atoms with Gasteiger partial charge in [0.2, 0.25) is 0 Å². The normalized spacial score (nSPS) is 21.9. The molecule has 1 atom stereocenters. The van der Waals surface area contributed by atoms with E-state index in [1.54, 1.807) is 0 Å². The second-order valence-corrected chi connectivity index (χ2v) is 8.98. The first kappa shape index (κ1) is 23.0. The molecule has 0 aromatic carbocycles. The number of ether oxygens (including phenoxy) is 2. The Hall–Kier alpha value is -1.06. The SMILES string of the molecule is CCCCCC(C)OC(=O)CCCC(=O)OC1CCC(C(C)(C)C)CC1. The van der Waals surface area contributed by atoms with E-state index in [0.717, 1.165) is 38.5 Å². The average molecular weight is 369 g/mol. The van der Waals surface area contributed by atoms with Gasteiger partial charge in [-0.25, -0.2) is 0 Å². The van der Waals surface area contributed by atoms with E-state index in [0.29, 0.717) is 30.6 Å². The van der Waals surface area contributed by atoms with E-state index in [1.807, 2.05) is 6.92 Å². The number of unbranched alkanes of at least 4 members (excludes halogenated alkanes) is 2. The Bertz CT molecular complexity index is 416. The minimum atomic E-state index is -0.201. The van der Waals surface area contributed by atoms with Crippen LogP contribution in [0, 0.1) is 11.3 Å². The van der Waals surface area contributed by atoms with Crippen molar-refractivity contribution in [3.63, 3.8) is 0 Å². The Morgan fingerprint density at radius 2 is 1.58 bits per heavy atom. The van der Waals surface area contributed by atoms with Gasteiger partial charge in [0.15, 0.2) is 0 Å². The number of rotatable bonds is 10. The van der Waals surface area contributed by atoms with E-state index >= 15 is 0 Å². The number of hydrogen-bond acceptors (Lipinski definition) is 4. The van der Waals surface area contributed by atoms with Gasteiger partial charge in [-0.1, -0.05) is 40.5 Å². The maximum absolute atomic E-state index is 12.0. The van der Waals surface area contributed by atoms with Crippen LogP contribution in [0.2, 0.25) is 0 Å². The minimum Gasteiger partial charge on any atom is -0.463 e. The van der Waals surface area contributed by atoms with E-state index in [-0.39, 0.29) is 24.1 Å². The predicted octanol–water partition coefficient (Wildman–Crippen LogP) is 5.82. The molecule has 1 unspecified atom stereocenters. The summed E-state index contributed by atoms with van der Waals surface area (Å²) in [5, 5.41) is 0. The molecule has 0 saturated heterocycles. The largest absolute Gasteiger partial charge is 0.463 e. The number of esters is 2. The molecule has 0 radical (unpaired) electrons. The molecule has 0 amide bonds. The smallest absolute Gasteiger partial charge is 0.306 e. The maximum atomic E-state index is 12.0. The van der Waals surface area contributed by atoms with Gasteiger partial charge in [-0.05, 0) is 63.2 Å². The molecule has 0 aromatic heterocycles. The van der Waals surface area contributed by atoms with Crippen LogP contribution in [0.25, 0.3) is 0 Å². The number of carbonyl (C=O) groups is 2. The summed E-state index contributed by atoms with van der Waals surface area (Å²) in [5.41, 5.74) is 0.336. The quantitative estimate of drug-likeness (QED) is 0.360. The molecule has 0 N–H and O–H groups in total. The first-order valence-electron chi connectivity index (χ1n) is 10.6. The van der Waals surface area contributed by atoms with Gasteiger partial charge in [0.1, 0.15) is 6.10 Å². The van der Waals surface area contributed by atoms with E-state index in [4.69, 9.17) is 9.47 Å². The molecule has 0 bridgehead atoms. The second-order valence-electron chi connectivity index (χ2n) is 8.98. The Morgan fingerprint density at radius 1 is 0.962 bits per heavy atom. The molecule has 0 heterocycles. The summed E-state index contributed by atoms with van der Waals surface area (Å²) in [7, 11) is 0. The lowest BCUT2D eigenvalue weighted by atomic mass is 9.72. The fourth-order valence-corrected chi connectivity index (χ4v) is 3.69. The van der Waals surface area contributed by atoms with Crippen LogP contribution >= 0.6 is 0 Å². The van der Waals surface area contributed by atoms with Crippen molar-refractivity contribution in [2.45, 2.75) is 117 Å². The number of carbonyl (C=O) groups excluding carboxylic acids is 2. The Kier molecular flexibility index (Phi) is 10.3. The van der Waals surface area contributed by atoms with E-state index in [1.165, 1.54) is 12.8 Å². The lowest BCUT2D eigenvalue weighted by Gasteiger charge is -2.36. The summed E-state index contributed by atoms with van der Waals surface area (Å²) in [5.74, 6) is 0.340. The number of hydrogen-bond donors (Lipinski definition) is 0. The highest BCUT2D eigenvalue weighted by Gasteiger charge is 2.31. The van der Waals surface area contributed by atoms with Gasteiger partial charge < -0.3 is 9.47 Å². The van der Waals surface area contributed by atoms with Crippen molar-refractivity contribution in [2.24, 2.45) is 11.3 Å². The van der Waals surface area contributed by atoms with E-state index in [9.17, 15) is 9.59 Å². The molecule has 152 valence electrons. The zero-order valence-corrected chi connectivity index (χ0v) is 17.6.